The molecule has 0 radical (unpaired) electrons. The van der Waals surface area contributed by atoms with Crippen LogP contribution >= 0.6 is 0 Å². The van der Waals surface area contributed by atoms with Crippen molar-refractivity contribution in [1.82, 2.24) is 0 Å². The number of allylic oxidation sites excluding steroid dienone is 1. The van der Waals surface area contributed by atoms with Crippen molar-refractivity contribution in [2.75, 3.05) is 19.0 Å². The molecule has 0 spiro atoms. The van der Waals surface area contributed by atoms with E-state index in [1.807, 2.05) is 6.07 Å². The van der Waals surface area contributed by atoms with Gasteiger partial charge in [-0.1, -0.05) is 38.1 Å². The zero-order valence-electron chi connectivity index (χ0n) is 17.7. The minimum absolute atomic E-state index is 0.0913. The van der Waals surface area contributed by atoms with E-state index >= 15 is 0 Å². The molecule has 1 heterocycles. The smallest absolute Gasteiger partial charge is 0.345 e. The normalized spacial score (nSPS) is 14.7. The Bertz CT molecular complexity index is 1020. The summed E-state index contributed by atoms with van der Waals surface area (Å²) < 4.78 is 16.8. The minimum Gasteiger partial charge on any atom is -0.493 e. The fourth-order valence-corrected chi connectivity index (χ4v) is 2.91. The predicted molar refractivity (Wildman–Crippen MR) is 117 cm³/mol. The quantitative estimate of drug-likeness (QED) is 0.454. The third-order valence-corrected chi connectivity index (χ3v) is 4.57. The molecule has 0 aliphatic carbocycles. The third-order valence-electron chi connectivity index (χ3n) is 4.57. The summed E-state index contributed by atoms with van der Waals surface area (Å²) in [5, 5.41) is 12.3. The van der Waals surface area contributed by atoms with Gasteiger partial charge in [-0.3, -0.25) is 4.79 Å². The number of aliphatic carboxylic acids is 1. The van der Waals surface area contributed by atoms with Crippen LogP contribution in [0.5, 0.6) is 11.5 Å². The van der Waals surface area contributed by atoms with Gasteiger partial charge in [0.05, 0.1) is 13.7 Å². The fraction of sp³-hybridized carbons (Fsp3) is 0.250. The molecule has 0 amide bonds. The Morgan fingerprint density at radius 3 is 2.55 bits per heavy atom. The number of carboxylic acid groups (broad SMARTS) is 1. The molecule has 2 aromatic rings. The summed E-state index contributed by atoms with van der Waals surface area (Å²) in [5.74, 6) is -0.644. The number of ether oxygens (including phenoxy) is 3. The van der Waals surface area contributed by atoms with Crippen LogP contribution in [0.2, 0.25) is 0 Å². The van der Waals surface area contributed by atoms with E-state index in [-0.39, 0.29) is 11.6 Å². The molecule has 0 saturated carbocycles. The molecule has 162 valence electrons. The first-order chi connectivity index (χ1) is 14.9. The van der Waals surface area contributed by atoms with Crippen molar-refractivity contribution in [3.05, 3.63) is 71.3 Å². The van der Waals surface area contributed by atoms with Gasteiger partial charge < -0.3 is 24.6 Å². The van der Waals surface area contributed by atoms with Gasteiger partial charge in [-0.15, -0.1) is 0 Å². The minimum atomic E-state index is -1.36. The Kier molecular flexibility index (Phi) is 6.97. The van der Waals surface area contributed by atoms with Gasteiger partial charge in [0, 0.05) is 5.69 Å². The van der Waals surface area contributed by atoms with Crippen molar-refractivity contribution in [3.8, 4) is 11.5 Å². The van der Waals surface area contributed by atoms with Crippen molar-refractivity contribution >= 4 is 23.5 Å². The molecule has 0 atom stereocenters. The van der Waals surface area contributed by atoms with Gasteiger partial charge >= 0.3 is 5.97 Å². The molecule has 7 nitrogen and oxygen atoms in total. The van der Waals surface area contributed by atoms with Crippen LogP contribution in [0.1, 0.15) is 25.8 Å². The Balaban J connectivity index is 1.82. The summed E-state index contributed by atoms with van der Waals surface area (Å²) in [6, 6.07) is 14.1. The molecule has 0 saturated heterocycles. The van der Waals surface area contributed by atoms with Crippen molar-refractivity contribution in [1.29, 1.82) is 0 Å². The number of carboxylic acids is 1. The third kappa shape index (κ3) is 5.45. The van der Waals surface area contributed by atoms with Crippen LogP contribution in [0.4, 0.5) is 5.69 Å². The molecular formula is C24H25NO6. The summed E-state index contributed by atoms with van der Waals surface area (Å²) in [7, 11) is 1.53. The highest BCUT2D eigenvalue weighted by atomic mass is 16.5. The van der Waals surface area contributed by atoms with E-state index in [1.165, 1.54) is 13.2 Å². The fourth-order valence-electron chi connectivity index (χ4n) is 2.91. The Morgan fingerprint density at radius 1 is 1.16 bits per heavy atom. The largest absolute Gasteiger partial charge is 0.493 e. The maximum Gasteiger partial charge on any atom is 0.345 e. The summed E-state index contributed by atoms with van der Waals surface area (Å²) in [6.07, 6.45) is 2.39. The average molecular weight is 423 g/mol. The van der Waals surface area contributed by atoms with Gasteiger partial charge in [0.25, 0.3) is 0 Å². The van der Waals surface area contributed by atoms with Crippen molar-refractivity contribution < 1.29 is 28.9 Å². The van der Waals surface area contributed by atoms with Crippen LogP contribution < -0.4 is 14.8 Å². The van der Waals surface area contributed by atoms with Crippen LogP contribution in [-0.4, -0.2) is 30.6 Å². The molecule has 2 aromatic carbocycles. The maximum absolute atomic E-state index is 12.7. The Morgan fingerprint density at radius 2 is 1.90 bits per heavy atom. The highest BCUT2D eigenvalue weighted by molar-refractivity contribution is 6.26. The van der Waals surface area contributed by atoms with E-state index in [1.54, 1.807) is 42.5 Å². The van der Waals surface area contributed by atoms with E-state index in [0.29, 0.717) is 35.3 Å². The molecular weight excluding hydrogens is 398 g/mol. The van der Waals surface area contributed by atoms with E-state index in [9.17, 15) is 14.7 Å². The highest BCUT2D eigenvalue weighted by Gasteiger charge is 2.36. The SMILES string of the molecule is COc1cc(/C=C2\OC(Nc3ccccc3)=C(C(=O)O)C2=O)ccc1OCCC(C)C. The lowest BCUT2D eigenvalue weighted by Crippen LogP contribution is -2.12. The number of hydrogen-bond donors (Lipinski definition) is 2. The molecule has 0 bridgehead atoms. The van der Waals surface area contributed by atoms with Crippen LogP contribution in [0, 0.1) is 5.92 Å². The molecule has 7 heteroatoms. The van der Waals surface area contributed by atoms with Gasteiger partial charge in [0.15, 0.2) is 22.8 Å². The number of carbonyl (C=O) groups excluding carboxylic acids is 1. The first-order valence-electron chi connectivity index (χ1n) is 9.93. The number of anilines is 1. The lowest BCUT2D eigenvalue weighted by Gasteiger charge is -2.12. The monoisotopic (exact) mass is 423 g/mol. The number of carbonyl (C=O) groups is 2. The molecule has 0 aromatic heterocycles. The summed E-state index contributed by atoms with van der Waals surface area (Å²) in [4.78, 5) is 24.3. The van der Waals surface area contributed by atoms with Crippen LogP contribution in [0.25, 0.3) is 6.08 Å². The zero-order valence-corrected chi connectivity index (χ0v) is 17.7. The second-order valence-electron chi connectivity index (χ2n) is 7.38. The molecule has 0 unspecified atom stereocenters. The van der Waals surface area contributed by atoms with Gasteiger partial charge in [-0.2, -0.15) is 0 Å². The summed E-state index contributed by atoms with van der Waals surface area (Å²) in [5.41, 5.74) is 0.771. The average Bonchev–Trinajstić information content (AvgIpc) is 3.04. The second kappa shape index (κ2) is 9.84. The van der Waals surface area contributed by atoms with Crippen LogP contribution in [0.3, 0.4) is 0 Å². The number of benzene rings is 2. The van der Waals surface area contributed by atoms with E-state index in [4.69, 9.17) is 14.2 Å². The van der Waals surface area contributed by atoms with Crippen molar-refractivity contribution in [2.45, 2.75) is 20.3 Å². The number of ketones is 1. The number of rotatable bonds is 9. The van der Waals surface area contributed by atoms with Crippen molar-refractivity contribution in [2.24, 2.45) is 5.92 Å². The maximum atomic E-state index is 12.7. The van der Waals surface area contributed by atoms with Crippen molar-refractivity contribution in [3.63, 3.8) is 0 Å². The van der Waals surface area contributed by atoms with Crippen LogP contribution in [-0.2, 0) is 14.3 Å². The lowest BCUT2D eigenvalue weighted by atomic mass is 10.1. The first kappa shape index (κ1) is 22.0. The molecule has 1 aliphatic heterocycles. The number of nitrogens with one attached hydrogen (secondary N) is 1. The number of Topliss-reactive ketones (excluding diaryl/α,β-unsaturated/α-hetero) is 1. The molecule has 3 rings (SSSR count). The Hall–Kier alpha value is -3.74. The van der Waals surface area contributed by atoms with Gasteiger partial charge in [-0.05, 0) is 48.2 Å². The Labute approximate surface area is 180 Å². The lowest BCUT2D eigenvalue weighted by molar-refractivity contribution is -0.134. The van der Waals surface area contributed by atoms with Gasteiger partial charge in [0.2, 0.25) is 11.7 Å². The van der Waals surface area contributed by atoms with Gasteiger partial charge in [0.1, 0.15) is 0 Å². The zero-order chi connectivity index (χ0) is 22.4. The molecule has 1 aliphatic rings. The van der Waals surface area contributed by atoms with E-state index in [2.05, 4.69) is 19.2 Å². The topological polar surface area (TPSA) is 94.1 Å². The number of hydrogen-bond acceptors (Lipinski definition) is 6. The number of methoxy groups -OCH3 is 1. The second-order valence-corrected chi connectivity index (χ2v) is 7.38. The first-order valence-corrected chi connectivity index (χ1v) is 9.93. The van der Waals surface area contributed by atoms with Crippen LogP contribution in [0.15, 0.2) is 65.7 Å². The van der Waals surface area contributed by atoms with Gasteiger partial charge in [-0.25, -0.2) is 4.79 Å². The molecule has 31 heavy (non-hydrogen) atoms. The van der Waals surface area contributed by atoms with E-state index in [0.717, 1.165) is 6.42 Å². The van der Waals surface area contributed by atoms with E-state index < -0.39 is 17.3 Å². The highest BCUT2D eigenvalue weighted by Crippen LogP contribution is 2.32. The number of para-hydroxylation sites is 1. The standard InChI is InChI=1S/C24H25NO6/c1-15(2)11-12-30-18-10-9-16(13-19(18)29-3)14-20-22(26)21(24(27)28)23(31-20)25-17-7-5-4-6-8-17/h4-10,13-15,25H,11-12H2,1-3H3,(H,27,28)/b20-14-. The molecule has 2 N–H and O–H groups in total. The summed E-state index contributed by atoms with van der Waals surface area (Å²) in [6.45, 7) is 4.81. The predicted octanol–water partition coefficient (Wildman–Crippen LogP) is 4.47. The summed E-state index contributed by atoms with van der Waals surface area (Å²) >= 11 is 0. The molecule has 0 fully saturated rings.